The smallest absolute Gasteiger partial charge is 0.0932 e. The van der Waals surface area contributed by atoms with Gasteiger partial charge in [-0.3, -0.25) is 4.90 Å². The molecule has 0 aromatic heterocycles. The maximum atomic E-state index is 9.32. The van der Waals surface area contributed by atoms with Gasteiger partial charge in [-0.05, 0) is 25.8 Å². The molecule has 18 heavy (non-hydrogen) atoms. The standard InChI is InChI=1S/C15H23NO2/c1-15(2)8-9-18-14(12-17)11-16(15)10-13-6-4-3-5-7-13/h3-7,14,17H,8-12H2,1-2H3/t14-/m0/s1. The highest BCUT2D eigenvalue weighted by Gasteiger charge is 2.31. The predicted octanol–water partition coefficient (Wildman–Crippen LogP) is 2.05. The summed E-state index contributed by atoms with van der Waals surface area (Å²) in [6.07, 6.45) is 0.937. The second kappa shape index (κ2) is 5.83. The van der Waals surface area contributed by atoms with Crippen LogP contribution in [0.4, 0.5) is 0 Å². The predicted molar refractivity (Wildman–Crippen MR) is 72.4 cm³/mol. The molecule has 1 fully saturated rings. The monoisotopic (exact) mass is 249 g/mol. The van der Waals surface area contributed by atoms with Crippen molar-refractivity contribution >= 4 is 0 Å². The molecule has 3 heteroatoms. The number of hydrogen-bond acceptors (Lipinski definition) is 3. The minimum atomic E-state index is -0.0597. The zero-order chi connectivity index (χ0) is 13.0. The van der Waals surface area contributed by atoms with E-state index in [1.807, 2.05) is 6.07 Å². The van der Waals surface area contributed by atoms with Gasteiger partial charge in [0.2, 0.25) is 0 Å². The van der Waals surface area contributed by atoms with Crippen molar-refractivity contribution in [2.24, 2.45) is 0 Å². The Kier molecular flexibility index (Phi) is 4.38. The van der Waals surface area contributed by atoms with Crippen molar-refractivity contribution in [2.75, 3.05) is 19.8 Å². The number of aliphatic hydroxyl groups is 1. The molecule has 1 atom stereocenters. The first-order chi connectivity index (χ1) is 8.62. The first-order valence-electron chi connectivity index (χ1n) is 6.63. The molecule has 0 saturated carbocycles. The van der Waals surface area contributed by atoms with Crippen LogP contribution in [0.1, 0.15) is 25.8 Å². The molecule has 0 radical (unpaired) electrons. The highest BCUT2D eigenvalue weighted by molar-refractivity contribution is 5.15. The summed E-state index contributed by atoms with van der Waals surface area (Å²) in [6, 6.07) is 10.5. The lowest BCUT2D eigenvalue weighted by atomic mass is 9.97. The number of nitrogens with zero attached hydrogens (tertiary/aromatic N) is 1. The van der Waals surface area contributed by atoms with Crippen molar-refractivity contribution in [2.45, 2.75) is 38.5 Å². The van der Waals surface area contributed by atoms with Gasteiger partial charge in [0.15, 0.2) is 0 Å². The Morgan fingerprint density at radius 2 is 2.06 bits per heavy atom. The number of ether oxygens (including phenoxy) is 1. The van der Waals surface area contributed by atoms with Gasteiger partial charge in [-0.25, -0.2) is 0 Å². The molecule has 3 nitrogen and oxygen atoms in total. The number of benzene rings is 1. The maximum absolute atomic E-state index is 9.32. The summed E-state index contributed by atoms with van der Waals surface area (Å²) in [5.74, 6) is 0. The number of aliphatic hydroxyl groups excluding tert-OH is 1. The van der Waals surface area contributed by atoms with Crippen LogP contribution in [0.2, 0.25) is 0 Å². The minimum Gasteiger partial charge on any atom is -0.394 e. The molecular weight excluding hydrogens is 226 g/mol. The molecule has 1 aliphatic rings. The first-order valence-corrected chi connectivity index (χ1v) is 6.63. The molecule has 1 saturated heterocycles. The minimum absolute atomic E-state index is 0.0597. The Morgan fingerprint density at radius 3 is 2.72 bits per heavy atom. The molecule has 0 aliphatic carbocycles. The molecule has 1 heterocycles. The van der Waals surface area contributed by atoms with E-state index in [0.717, 1.165) is 26.1 Å². The van der Waals surface area contributed by atoms with Crippen LogP contribution in [-0.2, 0) is 11.3 Å². The first kappa shape index (κ1) is 13.5. The van der Waals surface area contributed by atoms with Crippen LogP contribution in [0.25, 0.3) is 0 Å². The van der Waals surface area contributed by atoms with Crippen molar-refractivity contribution in [3.63, 3.8) is 0 Å². The molecule has 1 N–H and O–H groups in total. The molecule has 0 spiro atoms. The van der Waals surface area contributed by atoms with Crippen molar-refractivity contribution in [1.82, 2.24) is 4.90 Å². The molecule has 1 aromatic carbocycles. The summed E-state index contributed by atoms with van der Waals surface area (Å²) < 4.78 is 5.66. The van der Waals surface area contributed by atoms with Crippen molar-refractivity contribution < 1.29 is 9.84 Å². The molecule has 2 rings (SSSR count). The van der Waals surface area contributed by atoms with E-state index >= 15 is 0 Å². The highest BCUT2D eigenvalue weighted by Crippen LogP contribution is 2.25. The Hall–Kier alpha value is -0.900. The van der Waals surface area contributed by atoms with E-state index in [2.05, 4.69) is 43.0 Å². The van der Waals surface area contributed by atoms with Crippen molar-refractivity contribution in [3.8, 4) is 0 Å². The molecule has 0 amide bonds. The second-order valence-corrected chi connectivity index (χ2v) is 5.60. The van der Waals surface area contributed by atoms with Crippen LogP contribution in [0, 0.1) is 0 Å². The van der Waals surface area contributed by atoms with E-state index in [1.165, 1.54) is 5.56 Å². The third kappa shape index (κ3) is 3.31. The Balaban J connectivity index is 2.11. The molecule has 100 valence electrons. The second-order valence-electron chi connectivity index (χ2n) is 5.60. The van der Waals surface area contributed by atoms with Crippen molar-refractivity contribution in [1.29, 1.82) is 0 Å². The summed E-state index contributed by atoms with van der Waals surface area (Å²) in [6.45, 7) is 7.02. The summed E-state index contributed by atoms with van der Waals surface area (Å²) in [5.41, 5.74) is 1.42. The van der Waals surface area contributed by atoms with Gasteiger partial charge in [0.25, 0.3) is 0 Å². The van der Waals surface area contributed by atoms with E-state index in [-0.39, 0.29) is 18.2 Å². The zero-order valence-electron chi connectivity index (χ0n) is 11.3. The fraction of sp³-hybridized carbons (Fsp3) is 0.600. The SMILES string of the molecule is CC1(C)CCO[C@H](CO)CN1Cc1ccccc1. The van der Waals surface area contributed by atoms with E-state index in [1.54, 1.807) is 0 Å². The summed E-state index contributed by atoms with van der Waals surface area (Å²) >= 11 is 0. The summed E-state index contributed by atoms with van der Waals surface area (Å²) in [4.78, 5) is 2.41. The molecule has 0 unspecified atom stereocenters. The molecule has 0 bridgehead atoms. The van der Waals surface area contributed by atoms with Gasteiger partial charge in [-0.1, -0.05) is 30.3 Å². The third-order valence-corrected chi connectivity index (χ3v) is 3.77. The van der Waals surface area contributed by atoms with Crippen LogP contribution in [-0.4, -0.2) is 41.4 Å². The largest absolute Gasteiger partial charge is 0.394 e. The van der Waals surface area contributed by atoms with E-state index in [4.69, 9.17) is 4.74 Å². The molecule has 1 aliphatic heterocycles. The average molecular weight is 249 g/mol. The van der Waals surface area contributed by atoms with E-state index in [9.17, 15) is 5.11 Å². The van der Waals surface area contributed by atoms with Gasteiger partial charge in [-0.2, -0.15) is 0 Å². The zero-order valence-corrected chi connectivity index (χ0v) is 11.3. The van der Waals surface area contributed by atoms with Gasteiger partial charge in [0.05, 0.1) is 12.7 Å². The maximum Gasteiger partial charge on any atom is 0.0932 e. The van der Waals surface area contributed by atoms with Crippen LogP contribution >= 0.6 is 0 Å². The average Bonchev–Trinajstić information content (AvgIpc) is 2.50. The fourth-order valence-corrected chi connectivity index (χ4v) is 2.37. The highest BCUT2D eigenvalue weighted by atomic mass is 16.5. The number of hydrogen-bond donors (Lipinski definition) is 1. The van der Waals surface area contributed by atoms with Crippen molar-refractivity contribution in [3.05, 3.63) is 35.9 Å². The summed E-state index contributed by atoms with van der Waals surface area (Å²) in [5, 5.41) is 9.32. The van der Waals surface area contributed by atoms with Crippen LogP contribution in [0.5, 0.6) is 0 Å². The third-order valence-electron chi connectivity index (χ3n) is 3.77. The van der Waals surface area contributed by atoms with Crippen LogP contribution in [0.3, 0.4) is 0 Å². The van der Waals surface area contributed by atoms with E-state index < -0.39 is 0 Å². The normalized spacial score (nSPS) is 24.7. The number of rotatable bonds is 3. The molecular formula is C15H23NO2. The fourth-order valence-electron chi connectivity index (χ4n) is 2.37. The van der Waals surface area contributed by atoms with Gasteiger partial charge >= 0.3 is 0 Å². The van der Waals surface area contributed by atoms with Gasteiger partial charge in [-0.15, -0.1) is 0 Å². The van der Waals surface area contributed by atoms with Gasteiger partial charge < -0.3 is 9.84 Å². The lowest BCUT2D eigenvalue weighted by molar-refractivity contribution is 0.00987. The van der Waals surface area contributed by atoms with Crippen LogP contribution < -0.4 is 0 Å². The van der Waals surface area contributed by atoms with Crippen LogP contribution in [0.15, 0.2) is 30.3 Å². The lowest BCUT2D eigenvalue weighted by Gasteiger charge is -2.37. The Bertz CT molecular complexity index is 364. The van der Waals surface area contributed by atoms with Gasteiger partial charge in [0, 0.05) is 25.2 Å². The summed E-state index contributed by atoms with van der Waals surface area (Å²) in [7, 11) is 0. The lowest BCUT2D eigenvalue weighted by Crippen LogP contribution is -2.45. The topological polar surface area (TPSA) is 32.7 Å². The van der Waals surface area contributed by atoms with E-state index in [0.29, 0.717) is 0 Å². The van der Waals surface area contributed by atoms with Gasteiger partial charge in [0.1, 0.15) is 0 Å². The quantitative estimate of drug-likeness (QED) is 0.890. The Morgan fingerprint density at radius 1 is 1.33 bits per heavy atom. The Labute approximate surface area is 109 Å². The molecule has 1 aromatic rings.